The van der Waals surface area contributed by atoms with Gasteiger partial charge in [0.15, 0.2) is 11.2 Å². The number of aliphatic carboxylic acids is 1. The highest BCUT2D eigenvalue weighted by Crippen LogP contribution is 2.27. The van der Waals surface area contributed by atoms with Crippen molar-refractivity contribution in [3.63, 3.8) is 0 Å². The molecule has 0 aromatic heterocycles. The Labute approximate surface area is 119 Å². The van der Waals surface area contributed by atoms with Gasteiger partial charge in [0.1, 0.15) is 5.75 Å². The van der Waals surface area contributed by atoms with Crippen molar-refractivity contribution in [2.45, 2.75) is 12.5 Å². The zero-order valence-electron chi connectivity index (χ0n) is 11.3. The summed E-state index contributed by atoms with van der Waals surface area (Å²) < 4.78 is 4.89. The summed E-state index contributed by atoms with van der Waals surface area (Å²) in [6, 6.07) is 3.82. The van der Waals surface area contributed by atoms with Crippen molar-refractivity contribution in [3.05, 3.63) is 33.9 Å². The minimum atomic E-state index is -2.19. The lowest BCUT2D eigenvalue weighted by molar-refractivity contribution is -0.385. The van der Waals surface area contributed by atoms with Gasteiger partial charge in [0.25, 0.3) is 11.6 Å². The van der Waals surface area contributed by atoms with E-state index in [4.69, 9.17) is 9.84 Å². The summed E-state index contributed by atoms with van der Waals surface area (Å²) in [5.41, 5.74) is -3.01. The predicted octanol–water partition coefficient (Wildman–Crippen LogP) is 0.169. The molecule has 0 saturated carbocycles. The number of ether oxygens (including phenoxy) is 1. The lowest BCUT2D eigenvalue weighted by atomic mass is 10.1. The summed E-state index contributed by atoms with van der Waals surface area (Å²) in [4.78, 5) is 32.9. The molecule has 0 aliphatic rings. The van der Waals surface area contributed by atoms with Crippen molar-refractivity contribution in [3.8, 4) is 5.75 Å². The Hall–Kier alpha value is -2.68. The second-order valence-electron chi connectivity index (χ2n) is 4.37. The van der Waals surface area contributed by atoms with Gasteiger partial charge in [-0.25, -0.2) is 4.79 Å². The number of nitrogens with one attached hydrogen (secondary N) is 1. The molecule has 0 radical (unpaired) electrons. The summed E-state index contributed by atoms with van der Waals surface area (Å²) >= 11 is 0. The predicted molar refractivity (Wildman–Crippen MR) is 70.2 cm³/mol. The molecule has 0 aliphatic heterocycles. The van der Waals surface area contributed by atoms with Gasteiger partial charge in [-0.05, 0) is 13.0 Å². The van der Waals surface area contributed by atoms with Gasteiger partial charge in [-0.1, -0.05) is 6.07 Å². The molecule has 1 unspecified atom stereocenters. The lowest BCUT2D eigenvalue weighted by Crippen LogP contribution is -2.46. The van der Waals surface area contributed by atoms with Crippen LogP contribution >= 0.6 is 0 Å². The van der Waals surface area contributed by atoms with E-state index in [1.165, 1.54) is 19.2 Å². The number of aliphatic hydroxyl groups is 1. The van der Waals surface area contributed by atoms with E-state index in [-0.39, 0.29) is 11.3 Å². The second kappa shape index (κ2) is 6.18. The number of nitro benzene ring substituents is 1. The van der Waals surface area contributed by atoms with Gasteiger partial charge in [0.2, 0.25) is 0 Å². The van der Waals surface area contributed by atoms with Gasteiger partial charge in [-0.15, -0.1) is 0 Å². The van der Waals surface area contributed by atoms with E-state index in [2.05, 4.69) is 5.32 Å². The standard InChI is InChI=1S/C12H14N2O7/c1-12(18,11(16)17)6-13-10(15)9-7(14(19)20)4-3-5-8(9)21-2/h3-5,18H,6H2,1-2H3,(H,13,15)(H,16,17). The normalized spacial score (nSPS) is 13.1. The number of benzene rings is 1. The van der Waals surface area contributed by atoms with E-state index in [1.54, 1.807) is 0 Å². The smallest absolute Gasteiger partial charge is 0.337 e. The zero-order valence-corrected chi connectivity index (χ0v) is 11.3. The van der Waals surface area contributed by atoms with Crippen LogP contribution < -0.4 is 10.1 Å². The number of hydrogen-bond donors (Lipinski definition) is 3. The molecular weight excluding hydrogens is 284 g/mol. The average molecular weight is 298 g/mol. The third-order valence-electron chi connectivity index (χ3n) is 2.70. The van der Waals surface area contributed by atoms with Crippen LogP contribution in [0.2, 0.25) is 0 Å². The van der Waals surface area contributed by atoms with Gasteiger partial charge in [0, 0.05) is 6.07 Å². The summed E-state index contributed by atoms with van der Waals surface area (Å²) in [6.07, 6.45) is 0. The number of carboxylic acid groups (broad SMARTS) is 1. The summed E-state index contributed by atoms with van der Waals surface area (Å²) in [7, 11) is 1.24. The van der Waals surface area contributed by atoms with Crippen LogP contribution in [-0.2, 0) is 4.79 Å². The van der Waals surface area contributed by atoms with Crippen molar-refractivity contribution in [2.75, 3.05) is 13.7 Å². The van der Waals surface area contributed by atoms with Gasteiger partial charge in [0.05, 0.1) is 18.6 Å². The molecule has 0 saturated heterocycles. The lowest BCUT2D eigenvalue weighted by Gasteiger charge is -2.18. The van der Waals surface area contributed by atoms with E-state index in [1.807, 2.05) is 0 Å². The largest absolute Gasteiger partial charge is 0.496 e. The number of rotatable bonds is 6. The van der Waals surface area contributed by atoms with Gasteiger partial charge in [-0.3, -0.25) is 14.9 Å². The van der Waals surface area contributed by atoms with Crippen molar-refractivity contribution < 1.29 is 29.5 Å². The van der Waals surface area contributed by atoms with Crippen LogP contribution in [0.3, 0.4) is 0 Å². The van der Waals surface area contributed by atoms with E-state index < -0.39 is 34.6 Å². The van der Waals surface area contributed by atoms with Crippen LogP contribution in [0.1, 0.15) is 17.3 Å². The van der Waals surface area contributed by atoms with E-state index in [0.717, 1.165) is 13.0 Å². The first-order valence-corrected chi connectivity index (χ1v) is 5.76. The monoisotopic (exact) mass is 298 g/mol. The molecule has 9 nitrogen and oxygen atoms in total. The van der Waals surface area contributed by atoms with Crippen LogP contribution in [0.15, 0.2) is 18.2 Å². The molecule has 1 rings (SSSR count). The molecule has 0 bridgehead atoms. The Morgan fingerprint density at radius 3 is 2.57 bits per heavy atom. The molecule has 0 fully saturated rings. The maximum absolute atomic E-state index is 12.0. The first-order chi connectivity index (χ1) is 9.70. The Balaban J connectivity index is 3.07. The molecular formula is C12H14N2O7. The first kappa shape index (κ1) is 16.4. The minimum Gasteiger partial charge on any atom is -0.496 e. The summed E-state index contributed by atoms with van der Waals surface area (Å²) in [6.45, 7) is 0.378. The Morgan fingerprint density at radius 2 is 2.10 bits per heavy atom. The molecule has 0 aliphatic carbocycles. The molecule has 3 N–H and O–H groups in total. The number of nitrogens with zero attached hydrogens (tertiary/aromatic N) is 1. The summed E-state index contributed by atoms with van der Waals surface area (Å²) in [5.74, 6) is -2.48. The third kappa shape index (κ3) is 3.66. The van der Waals surface area contributed by atoms with Crippen LogP contribution in [0, 0.1) is 10.1 Å². The molecule has 1 atom stereocenters. The van der Waals surface area contributed by atoms with Crippen molar-refractivity contribution >= 4 is 17.6 Å². The van der Waals surface area contributed by atoms with Crippen molar-refractivity contribution in [2.24, 2.45) is 0 Å². The maximum Gasteiger partial charge on any atom is 0.337 e. The fraction of sp³-hybridized carbons (Fsp3) is 0.333. The Kier molecular flexibility index (Phi) is 4.82. The Bertz CT molecular complexity index is 583. The molecule has 1 aromatic rings. The van der Waals surface area contributed by atoms with E-state index in [9.17, 15) is 24.8 Å². The van der Waals surface area contributed by atoms with Crippen LogP contribution in [0.4, 0.5) is 5.69 Å². The summed E-state index contributed by atoms with van der Waals surface area (Å²) in [5, 5.41) is 31.3. The fourth-order valence-corrected chi connectivity index (χ4v) is 1.49. The SMILES string of the molecule is COc1cccc([N+](=O)[O-])c1C(=O)NCC(C)(O)C(=O)O. The number of nitro groups is 1. The van der Waals surface area contributed by atoms with Crippen LogP contribution in [0.25, 0.3) is 0 Å². The number of carbonyl (C=O) groups is 2. The molecule has 21 heavy (non-hydrogen) atoms. The maximum atomic E-state index is 12.0. The van der Waals surface area contributed by atoms with E-state index in [0.29, 0.717) is 0 Å². The van der Waals surface area contributed by atoms with Crippen LogP contribution in [0.5, 0.6) is 5.75 Å². The number of carboxylic acids is 1. The third-order valence-corrected chi connectivity index (χ3v) is 2.70. The molecule has 0 heterocycles. The molecule has 1 amide bonds. The van der Waals surface area contributed by atoms with Crippen molar-refractivity contribution in [1.29, 1.82) is 0 Å². The minimum absolute atomic E-state index is 0.0309. The fourth-order valence-electron chi connectivity index (χ4n) is 1.49. The quantitative estimate of drug-likeness (QED) is 0.502. The highest BCUT2D eigenvalue weighted by molar-refractivity contribution is 6.01. The van der Waals surface area contributed by atoms with E-state index >= 15 is 0 Å². The highest BCUT2D eigenvalue weighted by atomic mass is 16.6. The van der Waals surface area contributed by atoms with Crippen molar-refractivity contribution in [1.82, 2.24) is 5.32 Å². The van der Waals surface area contributed by atoms with Gasteiger partial charge < -0.3 is 20.3 Å². The average Bonchev–Trinajstić information content (AvgIpc) is 2.43. The van der Waals surface area contributed by atoms with Gasteiger partial charge in [-0.2, -0.15) is 0 Å². The zero-order chi connectivity index (χ0) is 16.2. The second-order valence-corrected chi connectivity index (χ2v) is 4.37. The topological polar surface area (TPSA) is 139 Å². The number of methoxy groups -OCH3 is 1. The molecule has 114 valence electrons. The number of amides is 1. The Morgan fingerprint density at radius 1 is 1.48 bits per heavy atom. The molecule has 1 aromatic carbocycles. The first-order valence-electron chi connectivity index (χ1n) is 5.76. The number of hydrogen-bond acceptors (Lipinski definition) is 6. The highest BCUT2D eigenvalue weighted by Gasteiger charge is 2.32. The van der Waals surface area contributed by atoms with Crippen LogP contribution in [-0.4, -0.2) is 46.3 Å². The molecule has 9 heteroatoms. The van der Waals surface area contributed by atoms with Gasteiger partial charge >= 0.3 is 5.97 Å². The molecule has 0 spiro atoms. The number of carbonyl (C=O) groups excluding carboxylic acids is 1.